The van der Waals surface area contributed by atoms with Crippen molar-refractivity contribution in [2.75, 3.05) is 5.32 Å². The van der Waals surface area contributed by atoms with E-state index in [1.807, 2.05) is 6.92 Å². The van der Waals surface area contributed by atoms with E-state index in [4.69, 9.17) is 4.74 Å². The largest absolute Gasteiger partial charge is 0.471 e. The minimum Gasteiger partial charge on any atom is -0.471 e. The maximum Gasteiger partial charge on any atom is 0.222 e. The lowest BCUT2D eigenvalue weighted by Gasteiger charge is -2.23. The SMILES string of the molecule is Cc1cc2c(NC3CCCC3)cccc2c(OC(C)(C)C)n1. The summed E-state index contributed by atoms with van der Waals surface area (Å²) >= 11 is 0. The number of anilines is 1. The molecule has 1 heterocycles. The van der Waals surface area contributed by atoms with Gasteiger partial charge in [0.1, 0.15) is 5.60 Å². The van der Waals surface area contributed by atoms with Gasteiger partial charge in [0, 0.05) is 28.2 Å². The zero-order chi connectivity index (χ0) is 15.7. The topological polar surface area (TPSA) is 34.1 Å². The average Bonchev–Trinajstić information content (AvgIpc) is 2.91. The number of nitrogens with zero attached hydrogens (tertiary/aromatic N) is 1. The van der Waals surface area contributed by atoms with Crippen molar-refractivity contribution in [1.29, 1.82) is 0 Å². The van der Waals surface area contributed by atoms with E-state index >= 15 is 0 Å². The molecule has 3 nitrogen and oxygen atoms in total. The van der Waals surface area contributed by atoms with Crippen molar-refractivity contribution in [2.24, 2.45) is 0 Å². The highest BCUT2D eigenvalue weighted by molar-refractivity contribution is 5.97. The lowest BCUT2D eigenvalue weighted by Crippen LogP contribution is -2.24. The van der Waals surface area contributed by atoms with E-state index in [0.29, 0.717) is 6.04 Å². The molecule has 0 saturated heterocycles. The fraction of sp³-hybridized carbons (Fsp3) is 0.526. The van der Waals surface area contributed by atoms with E-state index in [2.05, 4.69) is 55.3 Å². The van der Waals surface area contributed by atoms with Crippen molar-refractivity contribution in [1.82, 2.24) is 4.98 Å². The third-order valence-electron chi connectivity index (χ3n) is 4.09. The molecule has 3 heteroatoms. The molecule has 3 rings (SSSR count). The predicted molar refractivity (Wildman–Crippen MR) is 92.7 cm³/mol. The molecule has 1 aromatic heterocycles. The van der Waals surface area contributed by atoms with E-state index in [0.717, 1.165) is 17.0 Å². The van der Waals surface area contributed by atoms with Crippen LogP contribution in [0.3, 0.4) is 0 Å². The van der Waals surface area contributed by atoms with Gasteiger partial charge in [0.2, 0.25) is 5.88 Å². The molecule has 118 valence electrons. The number of hydrogen-bond acceptors (Lipinski definition) is 3. The van der Waals surface area contributed by atoms with E-state index in [1.54, 1.807) is 0 Å². The first kappa shape index (κ1) is 15.1. The summed E-state index contributed by atoms with van der Waals surface area (Å²) in [5, 5.41) is 6.01. The van der Waals surface area contributed by atoms with E-state index < -0.39 is 0 Å². The van der Waals surface area contributed by atoms with Crippen LogP contribution in [0.25, 0.3) is 10.8 Å². The van der Waals surface area contributed by atoms with E-state index in [9.17, 15) is 0 Å². The number of rotatable bonds is 3. The van der Waals surface area contributed by atoms with Crippen LogP contribution in [0.1, 0.15) is 52.1 Å². The highest BCUT2D eigenvalue weighted by Gasteiger charge is 2.19. The van der Waals surface area contributed by atoms with E-state index in [-0.39, 0.29) is 5.60 Å². The molecule has 0 atom stereocenters. The van der Waals surface area contributed by atoms with Gasteiger partial charge in [-0.1, -0.05) is 18.9 Å². The molecule has 1 N–H and O–H groups in total. The molecule has 0 bridgehead atoms. The second kappa shape index (κ2) is 5.79. The summed E-state index contributed by atoms with van der Waals surface area (Å²) < 4.78 is 6.08. The van der Waals surface area contributed by atoms with Crippen LogP contribution in [0.4, 0.5) is 5.69 Å². The van der Waals surface area contributed by atoms with Crippen molar-refractivity contribution in [2.45, 2.75) is 65.0 Å². The Morgan fingerprint density at radius 3 is 2.55 bits per heavy atom. The zero-order valence-electron chi connectivity index (χ0n) is 14.1. The van der Waals surface area contributed by atoms with Crippen molar-refractivity contribution in [3.8, 4) is 5.88 Å². The third kappa shape index (κ3) is 3.34. The standard InChI is InChI=1S/C19H26N2O/c1-13-12-16-15(18(20-13)22-19(2,3)4)10-7-11-17(16)21-14-8-5-6-9-14/h7,10-12,14,21H,5-6,8-9H2,1-4H3. The summed E-state index contributed by atoms with van der Waals surface area (Å²) in [5.41, 5.74) is 1.95. The zero-order valence-corrected chi connectivity index (χ0v) is 14.1. The van der Waals surface area contributed by atoms with Crippen LogP contribution < -0.4 is 10.1 Å². The van der Waals surface area contributed by atoms with Crippen LogP contribution in [0.15, 0.2) is 24.3 Å². The molecule has 1 saturated carbocycles. The number of pyridine rings is 1. The highest BCUT2D eigenvalue weighted by Crippen LogP contribution is 2.33. The Morgan fingerprint density at radius 2 is 1.86 bits per heavy atom. The van der Waals surface area contributed by atoms with Crippen molar-refractivity contribution < 1.29 is 4.74 Å². The van der Waals surface area contributed by atoms with Crippen LogP contribution in [0.5, 0.6) is 5.88 Å². The van der Waals surface area contributed by atoms with E-state index in [1.165, 1.54) is 36.8 Å². The van der Waals surface area contributed by atoms with Gasteiger partial charge >= 0.3 is 0 Å². The summed E-state index contributed by atoms with van der Waals surface area (Å²) in [6.45, 7) is 8.21. The lowest BCUT2D eigenvalue weighted by molar-refractivity contribution is 0.126. The fourth-order valence-electron chi connectivity index (χ4n) is 3.15. The van der Waals surface area contributed by atoms with Gasteiger partial charge in [-0.3, -0.25) is 0 Å². The van der Waals surface area contributed by atoms with Gasteiger partial charge in [0.05, 0.1) is 0 Å². The van der Waals surface area contributed by atoms with Crippen LogP contribution in [-0.4, -0.2) is 16.6 Å². The van der Waals surface area contributed by atoms with Crippen molar-refractivity contribution >= 4 is 16.5 Å². The Hall–Kier alpha value is -1.77. The van der Waals surface area contributed by atoms with Gasteiger partial charge in [0.15, 0.2) is 0 Å². The number of nitrogens with one attached hydrogen (secondary N) is 1. The quantitative estimate of drug-likeness (QED) is 0.858. The second-order valence-corrected chi connectivity index (χ2v) is 7.31. The number of hydrogen-bond donors (Lipinski definition) is 1. The maximum absolute atomic E-state index is 6.08. The first-order valence-electron chi connectivity index (χ1n) is 8.28. The predicted octanol–water partition coefficient (Wildman–Crippen LogP) is 5.08. The summed E-state index contributed by atoms with van der Waals surface area (Å²) in [5.74, 6) is 0.734. The molecule has 1 fully saturated rings. The first-order valence-corrected chi connectivity index (χ1v) is 8.28. The Balaban J connectivity index is 2.03. The molecule has 0 amide bonds. The number of ether oxygens (including phenoxy) is 1. The number of benzene rings is 1. The van der Waals surface area contributed by atoms with Crippen molar-refractivity contribution in [3.63, 3.8) is 0 Å². The molecule has 0 radical (unpaired) electrons. The Labute approximate surface area is 133 Å². The number of aryl methyl sites for hydroxylation is 1. The highest BCUT2D eigenvalue weighted by atomic mass is 16.5. The van der Waals surface area contributed by atoms with Crippen LogP contribution in [0.2, 0.25) is 0 Å². The Morgan fingerprint density at radius 1 is 1.14 bits per heavy atom. The van der Waals surface area contributed by atoms with Gasteiger partial charge < -0.3 is 10.1 Å². The minimum atomic E-state index is -0.247. The molecule has 1 aliphatic carbocycles. The molecule has 1 aliphatic rings. The molecule has 0 unspecified atom stereocenters. The van der Waals surface area contributed by atoms with Gasteiger partial charge in [-0.25, -0.2) is 4.98 Å². The Bertz CT molecular complexity index is 667. The smallest absolute Gasteiger partial charge is 0.222 e. The summed E-state index contributed by atoms with van der Waals surface area (Å²) in [7, 11) is 0. The first-order chi connectivity index (χ1) is 10.4. The maximum atomic E-state index is 6.08. The summed E-state index contributed by atoms with van der Waals surface area (Å²) in [6.07, 6.45) is 5.21. The monoisotopic (exact) mass is 298 g/mol. The lowest BCUT2D eigenvalue weighted by atomic mass is 10.1. The molecular weight excluding hydrogens is 272 g/mol. The van der Waals surface area contributed by atoms with Gasteiger partial charge in [-0.15, -0.1) is 0 Å². The number of fused-ring (bicyclic) bond motifs is 1. The number of aromatic nitrogens is 1. The summed E-state index contributed by atoms with van der Waals surface area (Å²) in [4.78, 5) is 4.61. The normalized spacial score (nSPS) is 16.2. The minimum absolute atomic E-state index is 0.247. The molecular formula is C19H26N2O. The van der Waals surface area contributed by atoms with Gasteiger partial charge in [-0.2, -0.15) is 0 Å². The molecule has 1 aromatic carbocycles. The second-order valence-electron chi connectivity index (χ2n) is 7.31. The molecule has 22 heavy (non-hydrogen) atoms. The van der Waals surface area contributed by atoms with Crippen LogP contribution >= 0.6 is 0 Å². The Kier molecular flexibility index (Phi) is 3.98. The molecule has 2 aromatic rings. The fourth-order valence-corrected chi connectivity index (χ4v) is 3.15. The van der Waals surface area contributed by atoms with Gasteiger partial charge in [0.25, 0.3) is 0 Å². The van der Waals surface area contributed by atoms with Crippen LogP contribution in [0, 0.1) is 6.92 Å². The third-order valence-corrected chi connectivity index (χ3v) is 4.09. The molecule has 0 spiro atoms. The average molecular weight is 298 g/mol. The van der Waals surface area contributed by atoms with Crippen LogP contribution in [-0.2, 0) is 0 Å². The van der Waals surface area contributed by atoms with Gasteiger partial charge in [-0.05, 0) is 58.7 Å². The summed E-state index contributed by atoms with van der Waals surface area (Å²) in [6, 6.07) is 9.11. The molecule has 0 aliphatic heterocycles. The van der Waals surface area contributed by atoms with Crippen molar-refractivity contribution in [3.05, 3.63) is 30.0 Å².